The van der Waals surface area contributed by atoms with Crippen molar-refractivity contribution in [2.45, 2.75) is 62.4 Å². The molecule has 0 saturated heterocycles. The van der Waals surface area contributed by atoms with Crippen molar-refractivity contribution in [1.82, 2.24) is 4.57 Å². The largest absolute Gasteiger partial charge is 0.469 e. The van der Waals surface area contributed by atoms with Crippen molar-refractivity contribution in [3.05, 3.63) is 197 Å². The predicted octanol–water partition coefficient (Wildman–Crippen LogP) is 11.5. The maximum absolute atomic E-state index is 11.7. The molecule has 7 rings (SSSR count). The molecule has 0 unspecified atom stereocenters. The standard InChI is InChI=1S/C51H52ClNO3SSi/c1-51(2,3)58(43-21-13-7-14-22-43,44-23-15-8-16-24-44)56-35-33-48-45(34-36-57-42-29-25-38(26-30-42)27-32-49(54)55-4)46-37-41(52)28-31-47(46)53(48)50(39-17-9-5-10-18-39)40-19-11-6-12-20-40/h5-26,28-31,37,50H,27,32-36H2,1-4H3. The fourth-order valence-electron chi connectivity index (χ4n) is 8.45. The van der Waals surface area contributed by atoms with Gasteiger partial charge in [-0.2, -0.15) is 0 Å². The average molecular weight is 823 g/mol. The number of carbonyl (C=O) groups excluding carboxylic acids is 1. The second-order valence-corrected chi connectivity index (χ2v) is 21.7. The summed E-state index contributed by atoms with van der Waals surface area (Å²) >= 11 is 8.71. The molecule has 0 N–H and O–H groups in total. The van der Waals surface area contributed by atoms with Crippen molar-refractivity contribution in [2.24, 2.45) is 0 Å². The lowest BCUT2D eigenvalue weighted by atomic mass is 9.97. The van der Waals surface area contributed by atoms with Crippen molar-refractivity contribution in [3.63, 3.8) is 0 Å². The van der Waals surface area contributed by atoms with Gasteiger partial charge in [0.25, 0.3) is 8.32 Å². The zero-order valence-corrected chi connectivity index (χ0v) is 36.4. The number of rotatable bonds is 16. The Morgan fingerprint density at radius 2 is 1.26 bits per heavy atom. The summed E-state index contributed by atoms with van der Waals surface area (Å²) in [7, 11) is -1.35. The minimum atomic E-state index is -2.79. The monoisotopic (exact) mass is 821 g/mol. The van der Waals surface area contributed by atoms with E-state index in [1.165, 1.54) is 50.1 Å². The highest BCUT2D eigenvalue weighted by Crippen LogP contribution is 2.40. The molecule has 7 aromatic rings. The van der Waals surface area contributed by atoms with E-state index in [-0.39, 0.29) is 17.0 Å². The Kier molecular flexibility index (Phi) is 13.4. The number of methoxy groups -OCH3 is 1. The van der Waals surface area contributed by atoms with Gasteiger partial charge in [-0.05, 0) is 80.8 Å². The number of benzene rings is 6. The fraction of sp³-hybridized carbons (Fsp3) is 0.235. The number of aryl methyl sites for hydroxylation is 2. The first kappa shape index (κ1) is 41.3. The topological polar surface area (TPSA) is 40.5 Å². The van der Waals surface area contributed by atoms with Crippen molar-refractivity contribution < 1.29 is 14.0 Å². The van der Waals surface area contributed by atoms with Crippen LogP contribution in [0.4, 0.5) is 0 Å². The van der Waals surface area contributed by atoms with Gasteiger partial charge in [-0.1, -0.05) is 166 Å². The first-order chi connectivity index (χ1) is 28.2. The molecule has 0 radical (unpaired) electrons. The van der Waals surface area contributed by atoms with Gasteiger partial charge in [0, 0.05) is 51.7 Å². The van der Waals surface area contributed by atoms with Crippen LogP contribution >= 0.6 is 23.4 Å². The van der Waals surface area contributed by atoms with Gasteiger partial charge < -0.3 is 13.7 Å². The number of esters is 1. The molecular weight excluding hydrogens is 770 g/mol. The molecule has 6 aromatic carbocycles. The molecule has 0 atom stereocenters. The normalized spacial score (nSPS) is 12.0. The van der Waals surface area contributed by atoms with E-state index in [0.29, 0.717) is 19.4 Å². The van der Waals surface area contributed by atoms with Gasteiger partial charge >= 0.3 is 5.97 Å². The highest BCUT2D eigenvalue weighted by molar-refractivity contribution is 7.99. The summed E-state index contributed by atoms with van der Waals surface area (Å²) in [5, 5.41) is 4.33. The van der Waals surface area contributed by atoms with Crippen molar-refractivity contribution in [2.75, 3.05) is 19.5 Å². The highest BCUT2D eigenvalue weighted by atomic mass is 35.5. The van der Waals surface area contributed by atoms with Gasteiger partial charge in [0.05, 0.1) is 13.2 Å². The van der Waals surface area contributed by atoms with Crippen LogP contribution < -0.4 is 10.4 Å². The van der Waals surface area contributed by atoms with Crippen molar-refractivity contribution in [3.8, 4) is 0 Å². The Balaban J connectivity index is 1.31. The predicted molar refractivity (Wildman–Crippen MR) is 246 cm³/mol. The number of aromatic nitrogens is 1. The van der Waals surface area contributed by atoms with Crippen LogP contribution in [-0.4, -0.2) is 38.3 Å². The average Bonchev–Trinajstić information content (AvgIpc) is 3.54. The first-order valence-electron chi connectivity index (χ1n) is 20.1. The second-order valence-electron chi connectivity index (χ2n) is 15.8. The SMILES string of the molecule is COC(=O)CCc1ccc(SCCc2c(CCO[Si](c3ccccc3)(c3ccccc3)C(C)(C)C)n(C(c3ccccc3)c3ccccc3)c3ccc(Cl)cc23)cc1. The minimum Gasteiger partial charge on any atom is -0.469 e. The molecule has 7 heteroatoms. The number of ether oxygens (including phenoxy) is 1. The highest BCUT2D eigenvalue weighted by Gasteiger charge is 2.50. The zero-order chi connectivity index (χ0) is 40.5. The summed E-state index contributed by atoms with van der Waals surface area (Å²) in [4.78, 5) is 12.9. The number of nitrogens with zero attached hydrogens (tertiary/aromatic N) is 1. The van der Waals surface area contributed by atoms with Crippen LogP contribution in [0.2, 0.25) is 10.1 Å². The third-order valence-electron chi connectivity index (χ3n) is 11.1. The summed E-state index contributed by atoms with van der Waals surface area (Å²) in [6.07, 6.45) is 2.62. The van der Waals surface area contributed by atoms with E-state index in [4.69, 9.17) is 20.8 Å². The first-order valence-corrected chi connectivity index (χ1v) is 23.4. The third kappa shape index (κ3) is 9.06. The number of halogens is 1. The van der Waals surface area contributed by atoms with Crippen LogP contribution in [0.25, 0.3) is 10.9 Å². The molecule has 0 spiro atoms. The van der Waals surface area contributed by atoms with Crippen LogP contribution in [0, 0.1) is 0 Å². The molecule has 58 heavy (non-hydrogen) atoms. The Morgan fingerprint density at radius 3 is 1.79 bits per heavy atom. The lowest BCUT2D eigenvalue weighted by molar-refractivity contribution is -0.140. The molecule has 1 aromatic heterocycles. The van der Waals surface area contributed by atoms with Crippen molar-refractivity contribution in [1.29, 1.82) is 0 Å². The summed E-state index contributed by atoms with van der Waals surface area (Å²) in [6.45, 7) is 7.58. The van der Waals surface area contributed by atoms with E-state index >= 15 is 0 Å². The van der Waals surface area contributed by atoms with Gasteiger partial charge in [-0.25, -0.2) is 0 Å². The quantitative estimate of drug-likeness (QED) is 0.0553. The van der Waals surface area contributed by atoms with Gasteiger partial charge in [-0.3, -0.25) is 4.79 Å². The molecule has 0 aliphatic carbocycles. The van der Waals surface area contributed by atoms with E-state index in [1.807, 2.05) is 17.8 Å². The molecule has 0 saturated carbocycles. The number of hydrogen-bond acceptors (Lipinski definition) is 4. The molecule has 0 aliphatic rings. The van der Waals surface area contributed by atoms with Crippen LogP contribution in [0.1, 0.15) is 61.2 Å². The lowest BCUT2D eigenvalue weighted by Gasteiger charge is -2.43. The Hall–Kier alpha value is -4.85. The molecule has 0 aliphatic heterocycles. The van der Waals surface area contributed by atoms with E-state index in [1.54, 1.807) is 0 Å². The molecule has 4 nitrogen and oxygen atoms in total. The molecule has 0 amide bonds. The Labute approximate surface area is 354 Å². The number of fused-ring (bicyclic) bond motifs is 1. The number of hydrogen-bond donors (Lipinski definition) is 0. The molecular formula is C51H52ClNO3SSi. The molecule has 1 heterocycles. The smallest absolute Gasteiger partial charge is 0.305 e. The van der Waals surface area contributed by atoms with Crippen LogP contribution in [-0.2, 0) is 33.2 Å². The minimum absolute atomic E-state index is 0.0622. The molecule has 296 valence electrons. The van der Waals surface area contributed by atoms with Gasteiger partial charge in [0.2, 0.25) is 0 Å². The van der Waals surface area contributed by atoms with Crippen molar-refractivity contribution >= 4 is 58.9 Å². The Morgan fingerprint density at radius 1 is 0.707 bits per heavy atom. The summed E-state index contributed by atoms with van der Waals surface area (Å²) in [5.74, 6) is 0.698. The lowest BCUT2D eigenvalue weighted by Crippen LogP contribution is -2.66. The summed E-state index contributed by atoms with van der Waals surface area (Å²) < 4.78 is 15.0. The number of carbonyl (C=O) groups is 1. The van der Waals surface area contributed by atoms with Gasteiger partial charge in [-0.15, -0.1) is 11.8 Å². The van der Waals surface area contributed by atoms with E-state index in [9.17, 15) is 4.79 Å². The van der Waals surface area contributed by atoms with E-state index < -0.39 is 8.32 Å². The summed E-state index contributed by atoms with van der Waals surface area (Å²) in [5.41, 5.74) is 7.32. The van der Waals surface area contributed by atoms with Crippen LogP contribution in [0.3, 0.4) is 0 Å². The van der Waals surface area contributed by atoms with Crippen LogP contribution in [0.5, 0.6) is 0 Å². The maximum Gasteiger partial charge on any atom is 0.305 e. The fourth-order valence-corrected chi connectivity index (χ4v) is 14.1. The van der Waals surface area contributed by atoms with E-state index in [2.05, 4.69) is 183 Å². The van der Waals surface area contributed by atoms with E-state index in [0.717, 1.165) is 34.7 Å². The van der Waals surface area contributed by atoms with Gasteiger partial charge in [0.1, 0.15) is 0 Å². The maximum atomic E-state index is 11.7. The zero-order valence-electron chi connectivity index (χ0n) is 33.9. The summed E-state index contributed by atoms with van der Waals surface area (Å²) in [6, 6.07) is 58.4. The van der Waals surface area contributed by atoms with Crippen LogP contribution in [0.15, 0.2) is 169 Å². The second kappa shape index (κ2) is 18.8. The third-order valence-corrected chi connectivity index (χ3v) is 17.4. The van der Waals surface area contributed by atoms with Gasteiger partial charge in [0.15, 0.2) is 0 Å². The molecule has 0 bridgehead atoms. The number of thioether (sulfide) groups is 1. The Bertz CT molecular complexity index is 2320. The molecule has 0 fully saturated rings.